The number of H-pyrrole nitrogens is 1. The average Bonchev–Trinajstić information content (AvgIpc) is 2.88. The van der Waals surface area contributed by atoms with Gasteiger partial charge in [0.2, 0.25) is 0 Å². The molecule has 0 radical (unpaired) electrons. The van der Waals surface area contributed by atoms with E-state index in [2.05, 4.69) is 20.1 Å². The van der Waals surface area contributed by atoms with Crippen molar-refractivity contribution in [3.63, 3.8) is 0 Å². The van der Waals surface area contributed by atoms with Gasteiger partial charge in [-0.05, 0) is 12.8 Å². The van der Waals surface area contributed by atoms with Gasteiger partial charge in [0, 0.05) is 19.2 Å². The van der Waals surface area contributed by atoms with E-state index in [1.807, 2.05) is 6.07 Å². The smallest absolute Gasteiger partial charge is 0.348 e. The molecule has 0 spiro atoms. The maximum absolute atomic E-state index is 11.2. The van der Waals surface area contributed by atoms with Crippen LogP contribution in [0.15, 0.2) is 17.2 Å². The molecule has 6 nitrogen and oxygen atoms in total. The largest absolute Gasteiger partial charge is 0.356 e. The van der Waals surface area contributed by atoms with E-state index in [0.29, 0.717) is 5.65 Å². The van der Waals surface area contributed by atoms with Gasteiger partial charge in [0.25, 0.3) is 0 Å². The topological polar surface area (TPSA) is 66.3 Å². The quantitative estimate of drug-likeness (QED) is 0.712. The maximum atomic E-state index is 11.2. The molecule has 1 fully saturated rings. The zero-order chi connectivity index (χ0) is 10.3. The molecule has 0 bridgehead atoms. The zero-order valence-electron chi connectivity index (χ0n) is 8.18. The molecule has 1 saturated heterocycles. The van der Waals surface area contributed by atoms with E-state index in [0.717, 1.165) is 18.9 Å². The summed E-state index contributed by atoms with van der Waals surface area (Å²) in [6, 6.07) is 1.84. The number of hydrogen-bond donors (Lipinski definition) is 1. The Morgan fingerprint density at radius 3 is 2.93 bits per heavy atom. The van der Waals surface area contributed by atoms with E-state index in [4.69, 9.17) is 0 Å². The molecule has 6 heteroatoms. The fraction of sp³-hybridized carbons (Fsp3) is 0.444. The Kier molecular flexibility index (Phi) is 1.74. The highest BCUT2D eigenvalue weighted by Crippen LogP contribution is 2.17. The van der Waals surface area contributed by atoms with Gasteiger partial charge >= 0.3 is 5.69 Å². The van der Waals surface area contributed by atoms with Crippen LogP contribution in [0.2, 0.25) is 0 Å². The van der Waals surface area contributed by atoms with Crippen LogP contribution in [0.3, 0.4) is 0 Å². The zero-order valence-corrected chi connectivity index (χ0v) is 8.18. The molecule has 2 aromatic heterocycles. The van der Waals surface area contributed by atoms with Gasteiger partial charge in [-0.15, -0.1) is 0 Å². The molecule has 0 aliphatic carbocycles. The number of nitrogens with one attached hydrogen (secondary N) is 1. The molecule has 15 heavy (non-hydrogen) atoms. The molecule has 1 N–H and O–H groups in total. The van der Waals surface area contributed by atoms with E-state index in [-0.39, 0.29) is 5.69 Å². The molecular formula is C9H11N5O. The second-order valence-corrected chi connectivity index (χ2v) is 3.70. The summed E-state index contributed by atoms with van der Waals surface area (Å²) >= 11 is 0. The van der Waals surface area contributed by atoms with Gasteiger partial charge in [-0.3, -0.25) is 0 Å². The second-order valence-electron chi connectivity index (χ2n) is 3.70. The van der Waals surface area contributed by atoms with Crippen molar-refractivity contribution in [2.45, 2.75) is 12.8 Å². The molecule has 1 aliphatic rings. The van der Waals surface area contributed by atoms with E-state index in [9.17, 15) is 4.79 Å². The molecule has 1 aliphatic heterocycles. The van der Waals surface area contributed by atoms with Crippen LogP contribution >= 0.6 is 0 Å². The van der Waals surface area contributed by atoms with Gasteiger partial charge < -0.3 is 4.90 Å². The highest BCUT2D eigenvalue weighted by molar-refractivity contribution is 5.50. The summed E-state index contributed by atoms with van der Waals surface area (Å²) in [5, 5.41) is 6.30. The summed E-state index contributed by atoms with van der Waals surface area (Å²) < 4.78 is 1.40. The number of aromatic amines is 1. The van der Waals surface area contributed by atoms with E-state index in [1.165, 1.54) is 23.6 Å². The number of anilines is 1. The normalized spacial score (nSPS) is 16.4. The summed E-state index contributed by atoms with van der Waals surface area (Å²) in [7, 11) is 0. The Morgan fingerprint density at radius 1 is 1.33 bits per heavy atom. The van der Waals surface area contributed by atoms with Gasteiger partial charge in [-0.2, -0.15) is 5.10 Å². The Balaban J connectivity index is 2.09. The number of hydrogen-bond acceptors (Lipinski definition) is 4. The summed E-state index contributed by atoms with van der Waals surface area (Å²) in [6.07, 6.45) is 3.94. The van der Waals surface area contributed by atoms with Gasteiger partial charge in [0.05, 0.1) is 0 Å². The van der Waals surface area contributed by atoms with Gasteiger partial charge in [-0.1, -0.05) is 0 Å². The summed E-state index contributed by atoms with van der Waals surface area (Å²) in [5.41, 5.74) is 0.377. The highest BCUT2D eigenvalue weighted by atomic mass is 16.1. The van der Waals surface area contributed by atoms with Gasteiger partial charge in [0.15, 0.2) is 5.65 Å². The van der Waals surface area contributed by atoms with Crippen LogP contribution in [0.25, 0.3) is 5.65 Å². The minimum atomic E-state index is -0.245. The van der Waals surface area contributed by atoms with Crippen LogP contribution in [0.5, 0.6) is 0 Å². The van der Waals surface area contributed by atoms with Crippen molar-refractivity contribution in [1.29, 1.82) is 0 Å². The van der Waals surface area contributed by atoms with Crippen molar-refractivity contribution < 1.29 is 0 Å². The van der Waals surface area contributed by atoms with Gasteiger partial charge in [-0.25, -0.2) is 19.3 Å². The Bertz CT molecular complexity index is 537. The lowest BCUT2D eigenvalue weighted by molar-refractivity contribution is 0.915. The first kappa shape index (κ1) is 8.46. The number of nitrogens with zero attached hydrogens (tertiary/aromatic N) is 4. The van der Waals surface area contributed by atoms with Crippen LogP contribution in [-0.2, 0) is 0 Å². The molecule has 0 amide bonds. The third kappa shape index (κ3) is 1.29. The molecule has 78 valence electrons. The number of fused-ring (bicyclic) bond motifs is 1. The van der Waals surface area contributed by atoms with Crippen molar-refractivity contribution in [3.8, 4) is 0 Å². The fourth-order valence-corrected chi connectivity index (χ4v) is 1.92. The summed E-state index contributed by atoms with van der Waals surface area (Å²) in [5.74, 6) is 0.902. The molecule has 0 saturated carbocycles. The fourth-order valence-electron chi connectivity index (χ4n) is 1.92. The minimum Gasteiger partial charge on any atom is -0.356 e. The van der Waals surface area contributed by atoms with Crippen molar-refractivity contribution in [1.82, 2.24) is 19.6 Å². The highest BCUT2D eigenvalue weighted by Gasteiger charge is 2.14. The van der Waals surface area contributed by atoms with E-state index < -0.39 is 0 Å². The minimum absolute atomic E-state index is 0.245. The Hall–Kier alpha value is -1.85. The summed E-state index contributed by atoms with van der Waals surface area (Å²) in [4.78, 5) is 17.7. The number of rotatable bonds is 1. The standard InChI is InChI=1S/C9H11N5O/c15-9-12-11-8-5-7(10-6-14(8)9)13-3-1-2-4-13/h5-6H,1-4H2,(H,12,15). The van der Waals surface area contributed by atoms with E-state index in [1.54, 1.807) is 0 Å². The number of aromatic nitrogens is 4. The van der Waals surface area contributed by atoms with E-state index >= 15 is 0 Å². The predicted octanol–water partition coefficient (Wildman–Crippen LogP) is 0.0178. The van der Waals surface area contributed by atoms with Gasteiger partial charge in [0.1, 0.15) is 12.1 Å². The third-order valence-electron chi connectivity index (χ3n) is 2.73. The Morgan fingerprint density at radius 2 is 2.13 bits per heavy atom. The lowest BCUT2D eigenvalue weighted by atomic mass is 10.4. The first-order chi connectivity index (χ1) is 7.34. The third-order valence-corrected chi connectivity index (χ3v) is 2.73. The van der Waals surface area contributed by atoms with Crippen molar-refractivity contribution in [2.75, 3.05) is 18.0 Å². The first-order valence-corrected chi connectivity index (χ1v) is 5.02. The average molecular weight is 205 g/mol. The molecule has 2 aromatic rings. The van der Waals surface area contributed by atoms with Crippen LogP contribution in [0.4, 0.5) is 5.82 Å². The molecule has 3 rings (SSSR count). The lowest BCUT2D eigenvalue weighted by Gasteiger charge is -2.15. The van der Waals surface area contributed by atoms with Crippen LogP contribution in [0, 0.1) is 0 Å². The molecular weight excluding hydrogens is 194 g/mol. The van der Waals surface area contributed by atoms with Crippen LogP contribution in [0.1, 0.15) is 12.8 Å². The van der Waals surface area contributed by atoms with Crippen molar-refractivity contribution >= 4 is 11.5 Å². The predicted molar refractivity (Wildman–Crippen MR) is 55.1 cm³/mol. The summed E-state index contributed by atoms with van der Waals surface area (Å²) in [6.45, 7) is 2.08. The molecule has 0 aromatic carbocycles. The first-order valence-electron chi connectivity index (χ1n) is 5.02. The monoisotopic (exact) mass is 205 g/mol. The SMILES string of the molecule is O=c1[nH]nc2cc(N3CCCC3)ncn12. The van der Waals surface area contributed by atoms with Crippen molar-refractivity contribution in [2.24, 2.45) is 0 Å². The maximum Gasteiger partial charge on any atom is 0.348 e. The molecule has 0 unspecified atom stereocenters. The molecule has 0 atom stereocenters. The van der Waals surface area contributed by atoms with Crippen LogP contribution < -0.4 is 10.6 Å². The van der Waals surface area contributed by atoms with Crippen molar-refractivity contribution in [3.05, 3.63) is 22.9 Å². The lowest BCUT2D eigenvalue weighted by Crippen LogP contribution is -2.19. The Labute approximate surface area is 85.6 Å². The van der Waals surface area contributed by atoms with Crippen LogP contribution in [-0.4, -0.2) is 32.7 Å². The molecule has 3 heterocycles. The second kappa shape index (κ2) is 3.08.